The molecule has 1 aliphatic heterocycles. The Kier molecular flexibility index (Phi) is 4.58. The number of H-pyrrole nitrogens is 1. The summed E-state index contributed by atoms with van der Waals surface area (Å²) in [6, 6.07) is 8.18. The van der Waals surface area contributed by atoms with E-state index >= 15 is 0 Å². The van der Waals surface area contributed by atoms with Gasteiger partial charge in [-0.15, -0.1) is 5.10 Å². The third-order valence-corrected chi connectivity index (χ3v) is 6.02. The number of carbonyl (C=O) groups excluding carboxylic acids is 1. The molecule has 0 unspecified atom stereocenters. The zero-order chi connectivity index (χ0) is 17.2. The van der Waals surface area contributed by atoms with Gasteiger partial charge in [-0.3, -0.25) is 9.89 Å². The highest BCUT2D eigenvalue weighted by Crippen LogP contribution is 2.29. The van der Waals surface area contributed by atoms with Gasteiger partial charge in [0.1, 0.15) is 5.82 Å². The van der Waals surface area contributed by atoms with E-state index in [4.69, 9.17) is 4.98 Å². The average Bonchev–Trinajstić information content (AvgIpc) is 3.25. The summed E-state index contributed by atoms with van der Waals surface area (Å²) in [4.78, 5) is 25.5. The number of carbonyl (C=O) groups is 1. The fraction of sp³-hybridized carbons (Fsp3) is 0.375. The Morgan fingerprint density at radius 1 is 1.24 bits per heavy atom. The van der Waals surface area contributed by atoms with Crippen molar-refractivity contribution in [3.05, 3.63) is 30.1 Å². The molecule has 2 aromatic heterocycles. The predicted octanol–water partition coefficient (Wildman–Crippen LogP) is 2.16. The number of amides is 1. The molecule has 0 aliphatic carbocycles. The van der Waals surface area contributed by atoms with E-state index in [0.717, 1.165) is 42.7 Å². The van der Waals surface area contributed by atoms with E-state index in [0.29, 0.717) is 10.9 Å². The van der Waals surface area contributed by atoms with Crippen molar-refractivity contribution in [1.29, 1.82) is 0 Å². The van der Waals surface area contributed by atoms with Gasteiger partial charge in [0.2, 0.25) is 11.1 Å². The Bertz CT molecular complexity index is 851. The Hall–Kier alpha value is -2.13. The van der Waals surface area contributed by atoms with Gasteiger partial charge in [-0.25, -0.2) is 9.97 Å². The van der Waals surface area contributed by atoms with Crippen LogP contribution in [0.1, 0.15) is 5.82 Å². The Balaban J connectivity index is 1.32. The van der Waals surface area contributed by atoms with Gasteiger partial charge >= 0.3 is 0 Å². The fourth-order valence-corrected chi connectivity index (χ4v) is 4.51. The Labute approximate surface area is 153 Å². The molecule has 1 aromatic carbocycles. The molecule has 130 valence electrons. The zero-order valence-electron chi connectivity index (χ0n) is 13.8. The van der Waals surface area contributed by atoms with E-state index in [-0.39, 0.29) is 5.91 Å². The molecule has 1 amide bonds. The molecule has 1 saturated heterocycles. The maximum absolute atomic E-state index is 12.4. The van der Waals surface area contributed by atoms with Gasteiger partial charge in [0, 0.05) is 26.2 Å². The quantitative estimate of drug-likeness (QED) is 0.705. The number of hydrogen-bond acceptors (Lipinski definition) is 7. The highest BCUT2D eigenvalue weighted by atomic mass is 32.2. The van der Waals surface area contributed by atoms with E-state index in [2.05, 4.69) is 26.1 Å². The Morgan fingerprint density at radius 3 is 2.76 bits per heavy atom. The molecule has 0 radical (unpaired) electrons. The minimum absolute atomic E-state index is 0.136. The van der Waals surface area contributed by atoms with Crippen LogP contribution in [0.5, 0.6) is 0 Å². The second-order valence-electron chi connectivity index (χ2n) is 5.82. The highest BCUT2D eigenvalue weighted by molar-refractivity contribution is 7.99. The number of nitrogens with one attached hydrogen (secondary N) is 1. The van der Waals surface area contributed by atoms with Crippen LogP contribution in [0, 0.1) is 6.92 Å². The van der Waals surface area contributed by atoms with Gasteiger partial charge in [0.05, 0.1) is 16.0 Å². The Morgan fingerprint density at radius 2 is 2.04 bits per heavy atom. The number of aromatic nitrogens is 4. The summed E-state index contributed by atoms with van der Waals surface area (Å²) >= 11 is 3.09. The summed E-state index contributed by atoms with van der Waals surface area (Å²) < 4.78 is 1.20. The van der Waals surface area contributed by atoms with Crippen molar-refractivity contribution in [2.45, 2.75) is 12.1 Å². The molecule has 9 heteroatoms. The average molecular weight is 374 g/mol. The number of rotatable bonds is 4. The molecule has 1 fully saturated rings. The molecule has 0 spiro atoms. The summed E-state index contributed by atoms with van der Waals surface area (Å²) in [6.45, 7) is 4.93. The van der Waals surface area contributed by atoms with E-state index < -0.39 is 0 Å². The summed E-state index contributed by atoms with van der Waals surface area (Å²) in [5.41, 5.74) is 1.04. The van der Waals surface area contributed by atoms with Crippen LogP contribution in [0.15, 0.2) is 29.4 Å². The van der Waals surface area contributed by atoms with Crippen LogP contribution in [0.3, 0.4) is 0 Å². The lowest BCUT2D eigenvalue weighted by atomic mass is 10.3. The lowest BCUT2D eigenvalue weighted by Gasteiger charge is -2.34. The number of thioether (sulfide) groups is 1. The number of aromatic amines is 1. The number of hydrogen-bond donors (Lipinski definition) is 1. The third kappa shape index (κ3) is 3.62. The van der Waals surface area contributed by atoms with Crippen LogP contribution >= 0.6 is 23.1 Å². The number of anilines is 1. The number of thiazole rings is 1. The number of piperazine rings is 1. The van der Waals surface area contributed by atoms with Gasteiger partial charge < -0.3 is 9.80 Å². The first kappa shape index (κ1) is 16.3. The molecule has 1 N–H and O–H groups in total. The van der Waals surface area contributed by atoms with Gasteiger partial charge in [-0.2, -0.15) is 0 Å². The largest absolute Gasteiger partial charge is 0.345 e. The topological polar surface area (TPSA) is 78.0 Å². The number of fused-ring (bicyclic) bond motifs is 1. The molecule has 1 aliphatic rings. The lowest BCUT2D eigenvalue weighted by Crippen LogP contribution is -2.49. The number of nitrogens with zero attached hydrogens (tertiary/aromatic N) is 5. The summed E-state index contributed by atoms with van der Waals surface area (Å²) in [5.74, 6) is 1.27. The van der Waals surface area contributed by atoms with Gasteiger partial charge in [0.25, 0.3) is 0 Å². The maximum atomic E-state index is 12.4. The van der Waals surface area contributed by atoms with Crippen LogP contribution in [-0.2, 0) is 4.79 Å². The van der Waals surface area contributed by atoms with E-state index in [1.165, 1.54) is 16.5 Å². The smallest absolute Gasteiger partial charge is 0.233 e. The zero-order valence-corrected chi connectivity index (χ0v) is 15.4. The van der Waals surface area contributed by atoms with Crippen molar-refractivity contribution in [3.8, 4) is 0 Å². The first-order chi connectivity index (χ1) is 12.2. The van der Waals surface area contributed by atoms with Crippen molar-refractivity contribution in [2.75, 3.05) is 36.8 Å². The molecule has 3 heterocycles. The number of benzene rings is 1. The van der Waals surface area contributed by atoms with Crippen LogP contribution < -0.4 is 4.90 Å². The fourth-order valence-electron chi connectivity index (χ4n) is 2.75. The van der Waals surface area contributed by atoms with Crippen LogP contribution in [0.2, 0.25) is 0 Å². The SMILES string of the molecule is Cc1nc(SCC(=O)N2CCN(c3nc4ccccc4s3)CC2)n[nH]1. The number of para-hydroxylation sites is 1. The third-order valence-electron chi connectivity index (χ3n) is 4.09. The van der Waals surface area contributed by atoms with Gasteiger partial charge in [0.15, 0.2) is 5.13 Å². The molecule has 4 rings (SSSR count). The van der Waals surface area contributed by atoms with E-state index in [1.807, 2.05) is 30.0 Å². The van der Waals surface area contributed by atoms with E-state index in [1.54, 1.807) is 11.3 Å². The monoisotopic (exact) mass is 374 g/mol. The molecule has 0 bridgehead atoms. The molecule has 7 nitrogen and oxygen atoms in total. The van der Waals surface area contributed by atoms with Crippen molar-refractivity contribution < 1.29 is 4.79 Å². The van der Waals surface area contributed by atoms with Crippen molar-refractivity contribution in [2.24, 2.45) is 0 Å². The first-order valence-electron chi connectivity index (χ1n) is 8.09. The summed E-state index contributed by atoms with van der Waals surface area (Å²) in [5, 5.41) is 8.50. The standard InChI is InChI=1S/C16H18N6OS2/c1-11-17-15(20-19-11)24-10-14(23)21-6-8-22(9-7-21)16-18-12-4-2-3-5-13(12)25-16/h2-5H,6-10H2,1H3,(H,17,19,20). The molecule has 0 atom stereocenters. The summed E-state index contributed by atoms with van der Waals surface area (Å²) in [6.07, 6.45) is 0. The molecular weight excluding hydrogens is 356 g/mol. The van der Waals surface area contributed by atoms with Crippen molar-refractivity contribution in [1.82, 2.24) is 25.1 Å². The predicted molar refractivity (Wildman–Crippen MR) is 100 cm³/mol. The first-order valence-corrected chi connectivity index (χ1v) is 9.89. The van der Waals surface area contributed by atoms with Crippen LogP contribution in [0.4, 0.5) is 5.13 Å². The van der Waals surface area contributed by atoms with Crippen LogP contribution in [0.25, 0.3) is 10.2 Å². The maximum Gasteiger partial charge on any atom is 0.233 e. The second-order valence-corrected chi connectivity index (χ2v) is 7.78. The van der Waals surface area contributed by atoms with Crippen molar-refractivity contribution >= 4 is 44.4 Å². The van der Waals surface area contributed by atoms with E-state index in [9.17, 15) is 4.79 Å². The number of aryl methyl sites for hydroxylation is 1. The minimum atomic E-state index is 0.136. The molecular formula is C16H18N6OS2. The minimum Gasteiger partial charge on any atom is -0.345 e. The van der Waals surface area contributed by atoms with Crippen molar-refractivity contribution in [3.63, 3.8) is 0 Å². The normalized spacial score (nSPS) is 15.1. The van der Waals surface area contributed by atoms with Gasteiger partial charge in [-0.05, 0) is 19.1 Å². The molecule has 25 heavy (non-hydrogen) atoms. The highest BCUT2D eigenvalue weighted by Gasteiger charge is 2.23. The lowest BCUT2D eigenvalue weighted by molar-refractivity contribution is -0.128. The molecule has 0 saturated carbocycles. The molecule has 3 aromatic rings. The van der Waals surface area contributed by atoms with Gasteiger partial charge in [-0.1, -0.05) is 35.2 Å². The van der Waals surface area contributed by atoms with Crippen LogP contribution in [-0.4, -0.2) is 62.9 Å². The second kappa shape index (κ2) is 7.01. The summed E-state index contributed by atoms with van der Waals surface area (Å²) in [7, 11) is 0.